The number of hydrogen-bond acceptors (Lipinski definition) is 5. The number of unbranched alkanes of at least 4 members (excludes halogenated alkanes) is 1. The fourth-order valence-corrected chi connectivity index (χ4v) is 11.6. The maximum absolute atomic E-state index is 14.3. The largest absolute Gasteiger partial charge is 0.449 e. The summed E-state index contributed by atoms with van der Waals surface area (Å²) in [6.45, 7) is 1.54. The number of carbonyl (C=O) groups is 3. The van der Waals surface area contributed by atoms with Crippen LogP contribution in [0.3, 0.4) is 0 Å². The van der Waals surface area contributed by atoms with E-state index in [-0.39, 0.29) is 30.8 Å². The number of likely N-dealkylation sites (tertiary alicyclic amines) is 1. The molecule has 2 atom stereocenters. The van der Waals surface area contributed by atoms with Crippen LogP contribution in [0.5, 0.6) is 0 Å². The van der Waals surface area contributed by atoms with Crippen LogP contribution in [0.25, 0.3) is 11.1 Å². The van der Waals surface area contributed by atoms with Crippen molar-refractivity contribution in [1.82, 2.24) is 10.2 Å². The predicted octanol–water partition coefficient (Wildman–Crippen LogP) is 14.3. The normalized spacial score (nSPS) is 16.6. The number of halogens is 1. The first-order chi connectivity index (χ1) is 34.4. The Kier molecular flexibility index (Phi) is 16.5. The molecule has 0 bridgehead atoms. The molecule has 6 aromatic carbocycles. The third-order valence-electron chi connectivity index (χ3n) is 15.0. The van der Waals surface area contributed by atoms with Crippen LogP contribution in [-0.4, -0.2) is 48.6 Å². The van der Waals surface area contributed by atoms with Crippen molar-refractivity contribution in [2.24, 2.45) is 0 Å². The lowest BCUT2D eigenvalue weighted by molar-refractivity contribution is -0.153. The van der Waals surface area contributed by atoms with Crippen molar-refractivity contribution < 1.29 is 23.9 Å². The first kappa shape index (κ1) is 48.8. The van der Waals surface area contributed by atoms with Crippen LogP contribution < -0.4 is 5.32 Å². The van der Waals surface area contributed by atoms with E-state index in [4.69, 9.17) is 21.1 Å². The number of benzene rings is 6. The number of ether oxygens (including phenoxy) is 2. The van der Waals surface area contributed by atoms with Crippen LogP contribution in [-0.2, 0) is 37.5 Å². The number of alkyl carbamates (subject to hydrolysis) is 1. The second-order valence-corrected chi connectivity index (χ2v) is 20.1. The molecular weight excluding hydrogens is 888 g/mol. The van der Waals surface area contributed by atoms with Crippen molar-refractivity contribution in [1.29, 1.82) is 0 Å². The standard InChI is InChI=1S/C62H67ClN2O5/c63-57-34-17-16-33-56(57)62(49-27-9-5-10-28-49,50-38-36-48(37-39-50)47-25-7-3-1-2-4-8-26-47)70-59(66)35-18-11-22-45-23-21-24-46(42-45)43-58(60(67)65-40-19-6-20-41-65)64-61(68)69-44-55-53-31-14-12-29-51(53)52-30-13-15-32-54(52)55/h5,9-10,12-17,21,23-24,27-34,36-39,42,47,55,58H,1-4,6-8,11,18-20,22,25-26,35,40-41,43-44H2,(H,64,68)/t58-,62?/m0/s1. The highest BCUT2D eigenvalue weighted by atomic mass is 35.5. The van der Waals surface area contributed by atoms with Gasteiger partial charge in [0.2, 0.25) is 5.91 Å². The maximum atomic E-state index is 14.3. The van der Waals surface area contributed by atoms with E-state index in [2.05, 4.69) is 66.0 Å². The minimum atomic E-state index is -1.25. The minimum Gasteiger partial charge on any atom is -0.449 e. The van der Waals surface area contributed by atoms with E-state index >= 15 is 0 Å². The van der Waals surface area contributed by atoms with Gasteiger partial charge < -0.3 is 19.7 Å². The number of aryl methyl sites for hydroxylation is 1. The average Bonchev–Trinajstić information content (AvgIpc) is 3.79. The molecule has 9 rings (SSSR count). The fraction of sp³-hybridized carbons (Fsp3) is 0.371. The van der Waals surface area contributed by atoms with Crippen LogP contribution in [0.15, 0.2) is 152 Å². The molecule has 2 aliphatic carbocycles. The lowest BCUT2D eigenvalue weighted by atomic mass is 9.79. The number of piperidine rings is 1. The summed E-state index contributed by atoms with van der Waals surface area (Å²) in [6, 6.07) is 50.5. The number of carbonyl (C=O) groups excluding carboxylic acids is 3. The van der Waals surface area contributed by atoms with Crippen molar-refractivity contribution in [3.8, 4) is 11.1 Å². The third-order valence-corrected chi connectivity index (χ3v) is 15.3. The monoisotopic (exact) mass is 954 g/mol. The number of amides is 2. The highest BCUT2D eigenvalue weighted by molar-refractivity contribution is 6.31. The quantitative estimate of drug-likeness (QED) is 0.0593. The molecule has 1 N–H and O–H groups in total. The summed E-state index contributed by atoms with van der Waals surface area (Å²) >= 11 is 7.04. The second-order valence-electron chi connectivity index (χ2n) is 19.7. The molecule has 2 fully saturated rings. The van der Waals surface area contributed by atoms with Crippen molar-refractivity contribution in [2.45, 2.75) is 126 Å². The van der Waals surface area contributed by atoms with E-state index in [9.17, 15) is 14.4 Å². The summed E-state index contributed by atoms with van der Waals surface area (Å²) in [5.41, 5.74) is 9.19. The van der Waals surface area contributed by atoms with Gasteiger partial charge in [0.25, 0.3) is 0 Å². The Labute approximate surface area is 420 Å². The molecule has 362 valence electrons. The lowest BCUT2D eigenvalue weighted by Gasteiger charge is -2.36. The van der Waals surface area contributed by atoms with Crippen LogP contribution in [0.4, 0.5) is 4.79 Å². The summed E-state index contributed by atoms with van der Waals surface area (Å²) in [5.74, 6) is 0.0678. The zero-order chi connectivity index (χ0) is 48.1. The van der Waals surface area contributed by atoms with E-state index in [1.54, 1.807) is 0 Å². The molecule has 0 aromatic heterocycles. The first-order valence-electron chi connectivity index (χ1n) is 26.0. The van der Waals surface area contributed by atoms with E-state index in [0.717, 1.165) is 82.2 Å². The molecule has 70 heavy (non-hydrogen) atoms. The molecule has 1 saturated carbocycles. The molecule has 2 amide bonds. The van der Waals surface area contributed by atoms with Crippen LogP contribution in [0, 0.1) is 0 Å². The van der Waals surface area contributed by atoms with Crippen LogP contribution >= 0.6 is 11.6 Å². The van der Waals surface area contributed by atoms with Crippen LogP contribution in [0.1, 0.15) is 146 Å². The number of fused-ring (bicyclic) bond motifs is 3. The lowest BCUT2D eigenvalue weighted by Crippen LogP contribution is -2.51. The molecule has 8 heteroatoms. The molecule has 1 saturated heterocycles. The average molecular weight is 956 g/mol. The molecular formula is C62H67ClN2O5. The Morgan fingerprint density at radius 1 is 0.629 bits per heavy atom. The van der Waals surface area contributed by atoms with E-state index < -0.39 is 17.7 Å². The zero-order valence-corrected chi connectivity index (χ0v) is 41.2. The van der Waals surface area contributed by atoms with Crippen molar-refractivity contribution in [3.05, 3.63) is 201 Å². The Balaban J connectivity index is 0.861. The van der Waals surface area contributed by atoms with Gasteiger partial charge in [-0.25, -0.2) is 4.79 Å². The van der Waals surface area contributed by atoms with Gasteiger partial charge in [0.1, 0.15) is 12.6 Å². The highest BCUT2D eigenvalue weighted by Crippen LogP contribution is 2.46. The molecule has 3 aliphatic rings. The van der Waals surface area contributed by atoms with Crippen molar-refractivity contribution >= 4 is 29.6 Å². The summed E-state index contributed by atoms with van der Waals surface area (Å²) in [4.78, 5) is 43.8. The van der Waals surface area contributed by atoms with Crippen LogP contribution in [0.2, 0.25) is 5.02 Å². The third kappa shape index (κ3) is 11.5. The van der Waals surface area contributed by atoms with E-state index in [1.165, 1.54) is 56.9 Å². The Hall–Kier alpha value is -6.18. The Morgan fingerprint density at radius 3 is 1.93 bits per heavy atom. The molecule has 7 nitrogen and oxygen atoms in total. The summed E-state index contributed by atoms with van der Waals surface area (Å²) < 4.78 is 12.7. The van der Waals surface area contributed by atoms with E-state index in [1.807, 2.05) is 95.9 Å². The number of hydrogen-bond donors (Lipinski definition) is 1. The second kappa shape index (κ2) is 23.6. The number of rotatable bonds is 16. The van der Waals surface area contributed by atoms with Gasteiger partial charge in [-0.3, -0.25) is 9.59 Å². The van der Waals surface area contributed by atoms with Gasteiger partial charge in [0, 0.05) is 53.6 Å². The topological polar surface area (TPSA) is 84.9 Å². The predicted molar refractivity (Wildman–Crippen MR) is 280 cm³/mol. The molecule has 1 heterocycles. The molecule has 1 aliphatic heterocycles. The van der Waals surface area contributed by atoms with Gasteiger partial charge in [-0.2, -0.15) is 0 Å². The zero-order valence-electron chi connectivity index (χ0n) is 40.5. The number of nitrogens with one attached hydrogen (secondary N) is 1. The molecule has 0 spiro atoms. The molecule has 6 aromatic rings. The van der Waals surface area contributed by atoms with Gasteiger partial charge >= 0.3 is 12.1 Å². The summed E-state index contributed by atoms with van der Waals surface area (Å²) in [5, 5.41) is 3.52. The fourth-order valence-electron chi connectivity index (χ4n) is 11.3. The SMILES string of the molecule is O=C(CCCCc1cccc(C[C@H](NC(=O)OCC2c3ccccc3-c3ccccc32)C(=O)N2CCCCC2)c1)OC(c1ccccc1)(c1ccc(C2CCCCCCCC2)cc1)c1ccccc1Cl. The highest BCUT2D eigenvalue weighted by Gasteiger charge is 2.42. The number of nitrogens with zero attached hydrogens (tertiary/aromatic N) is 1. The van der Waals surface area contributed by atoms with Gasteiger partial charge in [0.15, 0.2) is 5.60 Å². The Morgan fingerprint density at radius 2 is 1.23 bits per heavy atom. The van der Waals surface area contributed by atoms with E-state index in [0.29, 0.717) is 36.9 Å². The maximum Gasteiger partial charge on any atom is 0.407 e. The number of esters is 1. The summed E-state index contributed by atoms with van der Waals surface area (Å²) in [7, 11) is 0. The summed E-state index contributed by atoms with van der Waals surface area (Å²) in [6.07, 6.45) is 15.3. The Bertz CT molecular complexity index is 2640. The smallest absolute Gasteiger partial charge is 0.407 e. The molecule has 0 radical (unpaired) electrons. The van der Waals surface area contributed by atoms with Gasteiger partial charge in [-0.15, -0.1) is 0 Å². The van der Waals surface area contributed by atoms with Gasteiger partial charge in [0.05, 0.1) is 0 Å². The van der Waals surface area contributed by atoms with Gasteiger partial charge in [-0.1, -0.05) is 196 Å². The van der Waals surface area contributed by atoms with Crippen molar-refractivity contribution in [3.63, 3.8) is 0 Å². The minimum absolute atomic E-state index is 0.0797. The first-order valence-corrected chi connectivity index (χ1v) is 26.4. The van der Waals surface area contributed by atoms with Gasteiger partial charge in [-0.05, 0) is 102 Å². The van der Waals surface area contributed by atoms with Crippen molar-refractivity contribution in [2.75, 3.05) is 19.7 Å². The molecule has 1 unspecified atom stereocenters.